The second kappa shape index (κ2) is 5.48. The Hall–Kier alpha value is -1.62. The van der Waals surface area contributed by atoms with Gasteiger partial charge in [-0.2, -0.15) is 0 Å². The Balaban J connectivity index is 1.84. The van der Waals surface area contributed by atoms with Crippen molar-refractivity contribution < 1.29 is 13.2 Å². The monoisotopic (exact) mass is 333 g/mol. The first kappa shape index (κ1) is 16.2. The smallest absolute Gasteiger partial charge is 0.254 e. The van der Waals surface area contributed by atoms with Crippen LogP contribution in [0.15, 0.2) is 40.8 Å². The SMILES string of the molecule is C/C=C1/CC2CC(C)(C1)CN2C(=O)c1ccc(S(C)(=O)=O)cc1. The van der Waals surface area contributed by atoms with Gasteiger partial charge in [-0.25, -0.2) is 8.42 Å². The number of hydrogen-bond donors (Lipinski definition) is 0. The maximum atomic E-state index is 12.8. The molecule has 1 aromatic rings. The zero-order valence-corrected chi connectivity index (χ0v) is 14.7. The Bertz CT molecular complexity index is 764. The van der Waals surface area contributed by atoms with Crippen molar-refractivity contribution in [1.29, 1.82) is 0 Å². The molecule has 1 aliphatic carbocycles. The molecule has 1 aromatic carbocycles. The number of likely N-dealkylation sites (tertiary alicyclic amines) is 1. The predicted molar refractivity (Wildman–Crippen MR) is 90.1 cm³/mol. The predicted octanol–water partition coefficient (Wildman–Crippen LogP) is 3.05. The third-order valence-electron chi connectivity index (χ3n) is 5.07. The van der Waals surface area contributed by atoms with Crippen molar-refractivity contribution >= 4 is 15.7 Å². The van der Waals surface area contributed by atoms with E-state index in [2.05, 4.69) is 19.9 Å². The average Bonchev–Trinajstić information content (AvgIpc) is 2.74. The molecule has 1 saturated carbocycles. The molecular weight excluding hydrogens is 310 g/mol. The van der Waals surface area contributed by atoms with Gasteiger partial charge >= 0.3 is 0 Å². The van der Waals surface area contributed by atoms with Gasteiger partial charge in [-0.15, -0.1) is 0 Å². The molecule has 2 bridgehead atoms. The van der Waals surface area contributed by atoms with Crippen LogP contribution in [-0.2, 0) is 9.84 Å². The van der Waals surface area contributed by atoms with Crippen LogP contribution in [0.3, 0.4) is 0 Å². The zero-order chi connectivity index (χ0) is 16.8. The Morgan fingerprint density at radius 3 is 2.52 bits per heavy atom. The molecule has 2 atom stereocenters. The molecule has 5 heteroatoms. The van der Waals surface area contributed by atoms with Crippen LogP contribution in [0.5, 0.6) is 0 Å². The lowest BCUT2D eigenvalue weighted by Crippen LogP contribution is -2.35. The quantitative estimate of drug-likeness (QED) is 0.782. The molecule has 4 nitrogen and oxygen atoms in total. The molecule has 1 saturated heterocycles. The van der Waals surface area contributed by atoms with Crippen molar-refractivity contribution in [2.75, 3.05) is 12.8 Å². The van der Waals surface area contributed by atoms with E-state index < -0.39 is 9.84 Å². The Morgan fingerprint density at radius 1 is 1.30 bits per heavy atom. The van der Waals surface area contributed by atoms with Crippen LogP contribution in [0, 0.1) is 5.41 Å². The normalized spacial score (nSPS) is 29.1. The van der Waals surface area contributed by atoms with Crippen molar-refractivity contribution in [2.24, 2.45) is 5.41 Å². The van der Waals surface area contributed by atoms with Crippen molar-refractivity contribution in [2.45, 2.75) is 44.0 Å². The summed E-state index contributed by atoms with van der Waals surface area (Å²) in [5.41, 5.74) is 2.18. The lowest BCUT2D eigenvalue weighted by Gasteiger charge is -2.29. The van der Waals surface area contributed by atoms with E-state index in [0.29, 0.717) is 5.56 Å². The van der Waals surface area contributed by atoms with E-state index in [0.717, 1.165) is 25.8 Å². The van der Waals surface area contributed by atoms with Gasteiger partial charge in [0.05, 0.1) is 4.90 Å². The average molecular weight is 333 g/mol. The molecule has 2 fully saturated rings. The van der Waals surface area contributed by atoms with E-state index in [4.69, 9.17) is 0 Å². The van der Waals surface area contributed by atoms with E-state index in [1.54, 1.807) is 12.1 Å². The number of fused-ring (bicyclic) bond motifs is 2. The number of sulfone groups is 1. The van der Waals surface area contributed by atoms with E-state index in [9.17, 15) is 13.2 Å². The maximum absolute atomic E-state index is 12.8. The van der Waals surface area contributed by atoms with Crippen molar-refractivity contribution in [3.8, 4) is 0 Å². The van der Waals surface area contributed by atoms with E-state index >= 15 is 0 Å². The van der Waals surface area contributed by atoms with Gasteiger partial charge in [0.15, 0.2) is 9.84 Å². The van der Waals surface area contributed by atoms with E-state index in [1.807, 2.05) is 4.90 Å². The lowest BCUT2D eigenvalue weighted by atomic mass is 9.75. The molecule has 2 aliphatic rings. The van der Waals surface area contributed by atoms with Crippen LogP contribution in [0.25, 0.3) is 0 Å². The summed E-state index contributed by atoms with van der Waals surface area (Å²) in [4.78, 5) is 15.1. The van der Waals surface area contributed by atoms with Crippen LogP contribution >= 0.6 is 0 Å². The topological polar surface area (TPSA) is 54.5 Å². The number of allylic oxidation sites excluding steroid dienone is 1. The van der Waals surface area contributed by atoms with Crippen LogP contribution < -0.4 is 0 Å². The highest BCUT2D eigenvalue weighted by atomic mass is 32.2. The van der Waals surface area contributed by atoms with Crippen molar-refractivity contribution in [3.05, 3.63) is 41.5 Å². The molecule has 0 spiro atoms. The summed E-state index contributed by atoms with van der Waals surface area (Å²) in [6.45, 7) is 5.10. The molecule has 3 rings (SSSR count). The molecule has 2 unspecified atom stereocenters. The summed E-state index contributed by atoms with van der Waals surface area (Å²) in [7, 11) is -3.23. The second-order valence-electron chi connectivity index (χ2n) is 7.23. The molecule has 1 amide bonds. The number of nitrogens with zero attached hydrogens (tertiary/aromatic N) is 1. The minimum atomic E-state index is -3.23. The van der Waals surface area contributed by atoms with E-state index in [-0.39, 0.29) is 22.3 Å². The molecule has 0 radical (unpaired) electrons. The third-order valence-corrected chi connectivity index (χ3v) is 6.20. The van der Waals surface area contributed by atoms with Gasteiger partial charge in [0.25, 0.3) is 5.91 Å². The molecule has 0 N–H and O–H groups in total. The van der Waals surface area contributed by atoms with Crippen molar-refractivity contribution in [3.63, 3.8) is 0 Å². The summed E-state index contributed by atoms with van der Waals surface area (Å²) >= 11 is 0. The number of rotatable bonds is 2. The summed E-state index contributed by atoms with van der Waals surface area (Å²) in [6.07, 6.45) is 6.43. The standard InChI is InChI=1S/C18H23NO3S/c1-4-13-9-15-11-18(2,10-13)12-19(15)17(20)14-5-7-16(8-6-14)23(3,21)22/h4-8,15H,9-12H2,1-3H3/b13-4-. The highest BCUT2D eigenvalue weighted by Crippen LogP contribution is 2.47. The van der Waals surface area contributed by atoms with Crippen molar-refractivity contribution in [1.82, 2.24) is 4.90 Å². The molecule has 1 aliphatic heterocycles. The number of carbonyl (C=O) groups is 1. The van der Waals surface area contributed by atoms with Crippen LogP contribution in [-0.4, -0.2) is 38.1 Å². The minimum absolute atomic E-state index is 0.0103. The maximum Gasteiger partial charge on any atom is 0.254 e. The number of amides is 1. The minimum Gasteiger partial charge on any atom is -0.335 e. The number of hydrogen-bond acceptors (Lipinski definition) is 3. The summed E-state index contributed by atoms with van der Waals surface area (Å²) in [5, 5.41) is 0. The summed E-state index contributed by atoms with van der Waals surface area (Å²) in [5.74, 6) is 0.0103. The van der Waals surface area contributed by atoms with Gasteiger partial charge in [0, 0.05) is 24.4 Å². The zero-order valence-electron chi connectivity index (χ0n) is 13.9. The van der Waals surface area contributed by atoms with Gasteiger partial charge in [0.2, 0.25) is 0 Å². The first-order valence-electron chi connectivity index (χ1n) is 7.97. The molecule has 124 valence electrons. The van der Waals surface area contributed by atoms with Gasteiger partial charge in [-0.05, 0) is 55.9 Å². The van der Waals surface area contributed by atoms with Crippen LogP contribution in [0.1, 0.15) is 43.5 Å². The fourth-order valence-corrected chi connectivity index (χ4v) is 4.62. The lowest BCUT2D eigenvalue weighted by molar-refractivity contribution is 0.0732. The van der Waals surface area contributed by atoms with Gasteiger partial charge in [-0.1, -0.05) is 18.6 Å². The van der Waals surface area contributed by atoms with Gasteiger partial charge in [-0.3, -0.25) is 4.79 Å². The Labute approximate surface area is 138 Å². The highest BCUT2D eigenvalue weighted by Gasteiger charge is 2.46. The van der Waals surface area contributed by atoms with Crippen LogP contribution in [0.2, 0.25) is 0 Å². The fraction of sp³-hybridized carbons (Fsp3) is 0.500. The molecule has 0 aromatic heterocycles. The highest BCUT2D eigenvalue weighted by molar-refractivity contribution is 7.90. The first-order valence-corrected chi connectivity index (χ1v) is 9.86. The Kier molecular flexibility index (Phi) is 3.87. The summed E-state index contributed by atoms with van der Waals surface area (Å²) < 4.78 is 23.1. The van der Waals surface area contributed by atoms with Gasteiger partial charge < -0.3 is 4.90 Å². The second-order valence-corrected chi connectivity index (χ2v) is 9.24. The number of carbonyl (C=O) groups excluding carboxylic acids is 1. The fourth-order valence-electron chi connectivity index (χ4n) is 3.99. The Morgan fingerprint density at radius 2 is 1.96 bits per heavy atom. The van der Waals surface area contributed by atoms with E-state index in [1.165, 1.54) is 24.0 Å². The molecular formula is C18H23NO3S. The molecule has 23 heavy (non-hydrogen) atoms. The first-order chi connectivity index (χ1) is 10.7. The van der Waals surface area contributed by atoms with Gasteiger partial charge in [0.1, 0.15) is 0 Å². The van der Waals surface area contributed by atoms with Crippen LogP contribution in [0.4, 0.5) is 0 Å². The third kappa shape index (κ3) is 3.07. The number of benzene rings is 1. The largest absolute Gasteiger partial charge is 0.335 e. The summed E-state index contributed by atoms with van der Waals surface area (Å²) in [6, 6.07) is 6.55. The molecule has 1 heterocycles.